The summed E-state index contributed by atoms with van der Waals surface area (Å²) in [6, 6.07) is 10.5. The number of para-hydroxylation sites is 1. The van der Waals surface area contributed by atoms with Crippen molar-refractivity contribution in [3.63, 3.8) is 0 Å². The van der Waals surface area contributed by atoms with Crippen LogP contribution >= 0.6 is 22.9 Å². The molecule has 3 aromatic rings. The van der Waals surface area contributed by atoms with E-state index in [0.29, 0.717) is 31.2 Å². The van der Waals surface area contributed by atoms with E-state index in [-0.39, 0.29) is 11.1 Å². The third kappa shape index (κ3) is 4.44. The molecule has 1 unspecified atom stereocenters. The number of thiazole rings is 1. The Balaban J connectivity index is 1.48. The molecule has 1 aromatic heterocycles. The van der Waals surface area contributed by atoms with Gasteiger partial charge in [0, 0.05) is 25.0 Å². The molecule has 8 heteroatoms. The van der Waals surface area contributed by atoms with Gasteiger partial charge < -0.3 is 14.2 Å². The van der Waals surface area contributed by atoms with Gasteiger partial charge in [0.1, 0.15) is 10.8 Å². The molecule has 1 fully saturated rings. The SMILES string of the molecule is COc1cccc(-c2nc(CN3CCOC(c4ccc(F)c(Cl)c4)C3)cs2)c1OC. The van der Waals surface area contributed by atoms with E-state index in [1.165, 1.54) is 6.07 Å². The van der Waals surface area contributed by atoms with Crippen LogP contribution in [0.25, 0.3) is 10.6 Å². The van der Waals surface area contributed by atoms with Gasteiger partial charge in [-0.3, -0.25) is 4.90 Å². The summed E-state index contributed by atoms with van der Waals surface area (Å²) in [6.07, 6.45) is -0.145. The molecule has 158 valence electrons. The summed E-state index contributed by atoms with van der Waals surface area (Å²) in [4.78, 5) is 7.10. The van der Waals surface area contributed by atoms with Crippen molar-refractivity contribution in [2.45, 2.75) is 12.6 Å². The Bertz CT molecular complexity index is 1030. The minimum absolute atomic E-state index is 0.115. The second kappa shape index (κ2) is 9.31. The summed E-state index contributed by atoms with van der Waals surface area (Å²) in [7, 11) is 3.25. The van der Waals surface area contributed by atoms with E-state index in [1.54, 1.807) is 37.7 Å². The van der Waals surface area contributed by atoms with Crippen molar-refractivity contribution >= 4 is 22.9 Å². The maximum atomic E-state index is 13.5. The number of morpholine rings is 1. The molecule has 30 heavy (non-hydrogen) atoms. The van der Waals surface area contributed by atoms with E-state index < -0.39 is 5.82 Å². The van der Waals surface area contributed by atoms with Crippen LogP contribution in [0.15, 0.2) is 41.8 Å². The van der Waals surface area contributed by atoms with Gasteiger partial charge in [0.15, 0.2) is 11.5 Å². The molecule has 4 rings (SSSR count). The lowest BCUT2D eigenvalue weighted by Crippen LogP contribution is -2.37. The summed E-state index contributed by atoms with van der Waals surface area (Å²) in [5.41, 5.74) is 2.78. The zero-order valence-corrected chi connectivity index (χ0v) is 18.3. The molecule has 1 atom stereocenters. The number of nitrogens with zero attached hydrogens (tertiary/aromatic N) is 2. The first-order chi connectivity index (χ1) is 14.6. The van der Waals surface area contributed by atoms with Crippen molar-refractivity contribution < 1.29 is 18.6 Å². The molecular weight excluding hydrogens is 427 g/mol. The highest BCUT2D eigenvalue weighted by Gasteiger charge is 2.24. The van der Waals surface area contributed by atoms with Crippen LogP contribution in [-0.4, -0.2) is 43.8 Å². The Morgan fingerprint density at radius 1 is 1.27 bits per heavy atom. The van der Waals surface area contributed by atoms with Crippen LogP contribution < -0.4 is 9.47 Å². The third-order valence-corrected chi connectivity index (χ3v) is 6.25. The lowest BCUT2D eigenvalue weighted by Gasteiger charge is -2.32. The summed E-state index contributed by atoms with van der Waals surface area (Å²) in [5, 5.41) is 3.06. The van der Waals surface area contributed by atoms with Crippen LogP contribution in [0.4, 0.5) is 4.39 Å². The first-order valence-electron chi connectivity index (χ1n) is 9.53. The quantitative estimate of drug-likeness (QED) is 0.519. The fourth-order valence-corrected chi connectivity index (χ4v) is 4.57. The Hall–Kier alpha value is -2.19. The highest BCUT2D eigenvalue weighted by Crippen LogP contribution is 2.39. The normalized spacial score (nSPS) is 17.1. The molecule has 0 saturated carbocycles. The first-order valence-corrected chi connectivity index (χ1v) is 10.8. The first kappa shape index (κ1) is 21.1. The zero-order valence-electron chi connectivity index (χ0n) is 16.7. The van der Waals surface area contributed by atoms with Crippen LogP contribution in [-0.2, 0) is 11.3 Å². The molecule has 0 bridgehead atoms. The predicted molar refractivity (Wildman–Crippen MR) is 116 cm³/mol. The van der Waals surface area contributed by atoms with Crippen LogP contribution in [0.3, 0.4) is 0 Å². The van der Waals surface area contributed by atoms with Gasteiger partial charge in [-0.1, -0.05) is 23.7 Å². The highest BCUT2D eigenvalue weighted by atomic mass is 35.5. The predicted octanol–water partition coefficient (Wildman–Crippen LogP) is 5.19. The molecule has 0 amide bonds. The van der Waals surface area contributed by atoms with Gasteiger partial charge in [-0.25, -0.2) is 9.37 Å². The van der Waals surface area contributed by atoms with Crippen molar-refractivity contribution in [3.05, 3.63) is 63.9 Å². The molecule has 2 aromatic carbocycles. The second-order valence-electron chi connectivity index (χ2n) is 6.95. The van der Waals surface area contributed by atoms with E-state index in [1.807, 2.05) is 18.2 Å². The Labute approximate surface area is 184 Å². The fourth-order valence-electron chi connectivity index (χ4n) is 3.55. The third-order valence-electron chi connectivity index (χ3n) is 5.04. The Morgan fingerprint density at radius 2 is 2.13 bits per heavy atom. The summed E-state index contributed by atoms with van der Waals surface area (Å²) in [6.45, 7) is 2.80. The summed E-state index contributed by atoms with van der Waals surface area (Å²) >= 11 is 7.51. The smallest absolute Gasteiger partial charge is 0.170 e. The van der Waals surface area contributed by atoms with Gasteiger partial charge in [-0.15, -0.1) is 11.3 Å². The minimum atomic E-state index is -0.420. The van der Waals surface area contributed by atoms with Crippen LogP contribution in [0.2, 0.25) is 5.02 Å². The van der Waals surface area contributed by atoms with Gasteiger partial charge in [0.05, 0.1) is 43.2 Å². The molecule has 0 N–H and O–H groups in total. The fraction of sp³-hybridized carbons (Fsp3) is 0.318. The van der Waals surface area contributed by atoms with Crippen molar-refractivity contribution in [3.8, 4) is 22.1 Å². The highest BCUT2D eigenvalue weighted by molar-refractivity contribution is 7.13. The van der Waals surface area contributed by atoms with Crippen molar-refractivity contribution in [1.29, 1.82) is 0 Å². The summed E-state index contributed by atoms with van der Waals surface area (Å²) < 4.78 is 30.3. The van der Waals surface area contributed by atoms with Gasteiger partial charge in [0.25, 0.3) is 0 Å². The standard InChI is InChI=1S/C22H22ClFN2O3S/c1-27-19-5-3-4-16(21(19)28-2)22-25-15(13-30-22)11-26-8-9-29-20(12-26)14-6-7-18(24)17(23)10-14/h3-7,10,13,20H,8-9,11-12H2,1-2H3. The molecule has 0 radical (unpaired) electrons. The topological polar surface area (TPSA) is 43.8 Å². The number of methoxy groups -OCH3 is 2. The zero-order chi connectivity index (χ0) is 21.1. The van der Waals surface area contributed by atoms with Crippen molar-refractivity contribution in [2.24, 2.45) is 0 Å². The molecule has 0 aliphatic carbocycles. The van der Waals surface area contributed by atoms with E-state index in [4.69, 9.17) is 30.8 Å². The van der Waals surface area contributed by atoms with Crippen molar-refractivity contribution in [1.82, 2.24) is 9.88 Å². The number of hydrogen-bond donors (Lipinski definition) is 0. The minimum Gasteiger partial charge on any atom is -0.493 e. The molecule has 1 aliphatic heterocycles. The van der Waals surface area contributed by atoms with E-state index in [9.17, 15) is 4.39 Å². The number of halogens is 2. The van der Waals surface area contributed by atoms with Crippen LogP contribution in [0.1, 0.15) is 17.4 Å². The van der Waals surface area contributed by atoms with Crippen LogP contribution in [0, 0.1) is 5.82 Å². The summed E-state index contributed by atoms with van der Waals surface area (Å²) in [5.74, 6) is 0.942. The Morgan fingerprint density at radius 3 is 2.90 bits per heavy atom. The van der Waals surface area contributed by atoms with Gasteiger partial charge >= 0.3 is 0 Å². The maximum absolute atomic E-state index is 13.5. The monoisotopic (exact) mass is 448 g/mol. The average molecular weight is 449 g/mol. The molecule has 5 nitrogen and oxygen atoms in total. The van der Waals surface area contributed by atoms with Gasteiger partial charge in [-0.2, -0.15) is 0 Å². The van der Waals surface area contributed by atoms with E-state index in [2.05, 4.69) is 10.3 Å². The van der Waals surface area contributed by atoms with E-state index >= 15 is 0 Å². The molecule has 1 saturated heterocycles. The molecule has 1 aliphatic rings. The maximum Gasteiger partial charge on any atom is 0.170 e. The number of hydrogen-bond acceptors (Lipinski definition) is 6. The number of benzene rings is 2. The van der Waals surface area contributed by atoms with Gasteiger partial charge in [0.2, 0.25) is 0 Å². The largest absolute Gasteiger partial charge is 0.493 e. The lowest BCUT2D eigenvalue weighted by molar-refractivity contribution is -0.0332. The van der Waals surface area contributed by atoms with Crippen LogP contribution in [0.5, 0.6) is 11.5 Å². The van der Waals surface area contributed by atoms with E-state index in [0.717, 1.165) is 28.4 Å². The number of aromatic nitrogens is 1. The van der Waals surface area contributed by atoms with Gasteiger partial charge in [-0.05, 0) is 29.8 Å². The number of rotatable bonds is 6. The molecule has 2 heterocycles. The molecule has 0 spiro atoms. The lowest BCUT2D eigenvalue weighted by atomic mass is 10.1. The Kier molecular flexibility index (Phi) is 6.53. The van der Waals surface area contributed by atoms with Crippen molar-refractivity contribution in [2.75, 3.05) is 33.9 Å². The molecular formula is C22H22ClFN2O3S. The second-order valence-corrected chi connectivity index (χ2v) is 8.22. The average Bonchev–Trinajstić information content (AvgIpc) is 3.23. The number of ether oxygens (including phenoxy) is 3.